The van der Waals surface area contributed by atoms with Crippen LogP contribution in [0.15, 0.2) is 0 Å². The Morgan fingerprint density at radius 1 is 1.33 bits per heavy atom. The molecule has 0 aromatic heterocycles. The Balaban J connectivity index is -0.000000500. The number of hydrogen-bond acceptors (Lipinski definition) is 4. The fraction of sp³-hybridized carbons (Fsp3) is 1.00. The zero-order chi connectivity index (χ0) is 8.74. The smallest absolute Gasteiger partial charge is 1.00 e. The van der Waals surface area contributed by atoms with E-state index in [0.717, 1.165) is 0 Å². The van der Waals surface area contributed by atoms with Crippen molar-refractivity contribution in [2.75, 3.05) is 13.2 Å². The standard InChI is InChI=1S/C6H13O4P.Na.H/c1-4-8-6(3,9-5-2)10-11-7;;/h4-5H2,1-3H3;;/q;+1;-1. The van der Waals surface area contributed by atoms with Crippen LogP contribution in [-0.2, 0) is 18.6 Å². The fourth-order valence-corrected chi connectivity index (χ4v) is 0.927. The van der Waals surface area contributed by atoms with Crippen molar-refractivity contribution < 1.29 is 49.5 Å². The molecular weight excluding hydrogens is 190 g/mol. The largest absolute Gasteiger partial charge is 1.00 e. The molecule has 0 aromatic carbocycles. The Morgan fingerprint density at radius 3 is 2.00 bits per heavy atom. The molecule has 0 aliphatic rings. The Morgan fingerprint density at radius 2 is 1.75 bits per heavy atom. The molecule has 0 radical (unpaired) electrons. The third-order valence-corrected chi connectivity index (χ3v) is 1.42. The van der Waals surface area contributed by atoms with Crippen LogP contribution in [0, 0.1) is 0 Å². The summed E-state index contributed by atoms with van der Waals surface area (Å²) in [6.45, 7) is 6.09. The average molecular weight is 204 g/mol. The fourth-order valence-electron chi connectivity index (χ4n) is 0.686. The van der Waals surface area contributed by atoms with Crippen LogP contribution in [0.1, 0.15) is 22.2 Å². The molecule has 6 heteroatoms. The Labute approximate surface area is 98.0 Å². The van der Waals surface area contributed by atoms with Crippen LogP contribution in [0.3, 0.4) is 0 Å². The molecule has 0 saturated heterocycles. The van der Waals surface area contributed by atoms with Gasteiger partial charge in [-0.3, -0.25) is 0 Å². The maximum Gasteiger partial charge on any atom is 1.00 e. The molecule has 0 bridgehead atoms. The Hall–Kier alpha value is 0.980. The van der Waals surface area contributed by atoms with Gasteiger partial charge in [0, 0.05) is 20.1 Å². The van der Waals surface area contributed by atoms with Gasteiger partial charge in [-0.15, -0.1) is 0 Å². The van der Waals surface area contributed by atoms with E-state index in [1.54, 1.807) is 6.92 Å². The summed E-state index contributed by atoms with van der Waals surface area (Å²) in [5, 5.41) is 0. The third-order valence-electron chi connectivity index (χ3n) is 1.02. The first-order valence-corrected chi connectivity index (χ1v) is 4.20. The molecule has 0 N–H and O–H groups in total. The number of hydrogen-bond donors (Lipinski definition) is 0. The molecule has 0 saturated carbocycles. The molecule has 0 aliphatic carbocycles. The molecule has 0 atom stereocenters. The number of ether oxygens (including phenoxy) is 2. The third kappa shape index (κ3) is 6.49. The van der Waals surface area contributed by atoms with Crippen LogP contribution >= 0.6 is 8.69 Å². The van der Waals surface area contributed by atoms with Gasteiger partial charge in [0.1, 0.15) is 0 Å². The van der Waals surface area contributed by atoms with Crippen LogP contribution in [0.25, 0.3) is 0 Å². The molecule has 0 aromatic rings. The van der Waals surface area contributed by atoms with Crippen LogP contribution in [0.2, 0.25) is 0 Å². The normalized spacial score (nSPS) is 11.2. The van der Waals surface area contributed by atoms with Gasteiger partial charge in [0.15, 0.2) is 0 Å². The second kappa shape index (κ2) is 8.57. The van der Waals surface area contributed by atoms with E-state index in [1.165, 1.54) is 0 Å². The van der Waals surface area contributed by atoms with Crippen LogP contribution in [0.5, 0.6) is 0 Å². The first-order chi connectivity index (χ1) is 5.18. The second-order valence-corrected chi connectivity index (χ2v) is 2.23. The molecule has 0 spiro atoms. The van der Waals surface area contributed by atoms with E-state index in [2.05, 4.69) is 4.52 Å². The van der Waals surface area contributed by atoms with Crippen molar-refractivity contribution >= 4 is 8.69 Å². The monoisotopic (exact) mass is 204 g/mol. The van der Waals surface area contributed by atoms with E-state index < -0.39 is 14.7 Å². The molecule has 0 rings (SSSR count). The van der Waals surface area contributed by atoms with Crippen molar-refractivity contribution in [1.29, 1.82) is 0 Å². The van der Waals surface area contributed by atoms with E-state index >= 15 is 0 Å². The van der Waals surface area contributed by atoms with Crippen LogP contribution in [0.4, 0.5) is 0 Å². The molecule has 0 fully saturated rings. The van der Waals surface area contributed by atoms with Gasteiger partial charge >= 0.3 is 38.2 Å². The molecule has 0 unspecified atom stereocenters. The second-order valence-electron chi connectivity index (χ2n) is 1.89. The summed E-state index contributed by atoms with van der Waals surface area (Å²) in [6, 6.07) is 0. The molecule has 68 valence electrons. The van der Waals surface area contributed by atoms with Crippen molar-refractivity contribution in [2.24, 2.45) is 0 Å². The van der Waals surface area contributed by atoms with Crippen molar-refractivity contribution in [2.45, 2.75) is 26.7 Å². The Bertz CT molecular complexity index is 121. The van der Waals surface area contributed by atoms with Gasteiger partial charge in [-0.05, 0) is 13.8 Å². The minimum Gasteiger partial charge on any atom is -1.00 e. The predicted molar refractivity (Wildman–Crippen MR) is 41.5 cm³/mol. The van der Waals surface area contributed by atoms with Crippen molar-refractivity contribution in [1.82, 2.24) is 0 Å². The first kappa shape index (κ1) is 15.5. The molecule has 0 amide bonds. The van der Waals surface area contributed by atoms with E-state index in [9.17, 15) is 4.57 Å². The van der Waals surface area contributed by atoms with Crippen molar-refractivity contribution in [3.63, 3.8) is 0 Å². The quantitative estimate of drug-likeness (QED) is 0.318. The first-order valence-electron chi connectivity index (χ1n) is 3.47. The summed E-state index contributed by atoms with van der Waals surface area (Å²) in [6.07, 6.45) is 0. The minimum atomic E-state index is -1.17. The predicted octanol–water partition coefficient (Wildman–Crippen LogP) is -0.927. The average Bonchev–Trinajstić information content (AvgIpc) is 1.88. The molecular formula is C6H14NaO4P. The maximum absolute atomic E-state index is 10.1. The Kier molecular flexibility index (Phi) is 11.0. The maximum atomic E-state index is 10.1. The minimum absolute atomic E-state index is 0. The van der Waals surface area contributed by atoms with E-state index in [1.807, 2.05) is 13.8 Å². The molecule has 4 nitrogen and oxygen atoms in total. The zero-order valence-corrected chi connectivity index (χ0v) is 10.9. The topological polar surface area (TPSA) is 44.8 Å². The van der Waals surface area contributed by atoms with Crippen LogP contribution < -0.4 is 29.6 Å². The van der Waals surface area contributed by atoms with Gasteiger partial charge in [0.05, 0.1) is 0 Å². The van der Waals surface area contributed by atoms with Gasteiger partial charge in [-0.25, -0.2) is 9.09 Å². The molecule has 0 aliphatic heterocycles. The van der Waals surface area contributed by atoms with Gasteiger partial charge in [0.2, 0.25) is 0 Å². The summed E-state index contributed by atoms with van der Waals surface area (Å²) in [5.41, 5.74) is 0. The molecule has 0 heterocycles. The van der Waals surface area contributed by atoms with Gasteiger partial charge in [-0.1, -0.05) is 0 Å². The van der Waals surface area contributed by atoms with Gasteiger partial charge in [-0.2, -0.15) is 0 Å². The summed E-state index contributed by atoms with van der Waals surface area (Å²) in [5.74, 6) is -1.17. The summed E-state index contributed by atoms with van der Waals surface area (Å²) < 4.78 is 24.9. The summed E-state index contributed by atoms with van der Waals surface area (Å²) >= 11 is 0. The van der Waals surface area contributed by atoms with E-state index in [0.29, 0.717) is 13.2 Å². The van der Waals surface area contributed by atoms with Gasteiger partial charge < -0.3 is 10.9 Å². The van der Waals surface area contributed by atoms with Crippen LogP contribution in [-0.4, -0.2) is 19.2 Å². The summed E-state index contributed by atoms with van der Waals surface area (Å²) in [7, 11) is -0.441. The zero-order valence-electron chi connectivity index (χ0n) is 8.99. The van der Waals surface area contributed by atoms with Gasteiger partial charge in [0.25, 0.3) is 5.97 Å². The van der Waals surface area contributed by atoms with E-state index in [4.69, 9.17) is 9.47 Å². The van der Waals surface area contributed by atoms with E-state index in [-0.39, 0.29) is 31.0 Å². The van der Waals surface area contributed by atoms with Crippen molar-refractivity contribution in [3.8, 4) is 0 Å². The SMILES string of the molecule is CCOC(C)(OCC)OP=O.[H-].[Na+]. The molecule has 12 heavy (non-hydrogen) atoms. The van der Waals surface area contributed by atoms with Crippen molar-refractivity contribution in [3.05, 3.63) is 0 Å². The number of rotatable bonds is 6. The summed E-state index contributed by atoms with van der Waals surface area (Å²) in [4.78, 5) is 0.